The van der Waals surface area contributed by atoms with Gasteiger partial charge in [-0.15, -0.1) is 0 Å². The van der Waals surface area contributed by atoms with Gasteiger partial charge < -0.3 is 9.84 Å². The van der Waals surface area contributed by atoms with E-state index in [1.54, 1.807) is 31.2 Å². The van der Waals surface area contributed by atoms with Gasteiger partial charge in [-0.05, 0) is 36.8 Å². The first-order chi connectivity index (χ1) is 9.44. The third kappa shape index (κ3) is 2.96. The Morgan fingerprint density at radius 2 is 1.85 bits per heavy atom. The van der Waals surface area contributed by atoms with Crippen LogP contribution in [0, 0.1) is 11.6 Å². The second-order valence-electron chi connectivity index (χ2n) is 4.89. The van der Waals surface area contributed by atoms with Crippen LogP contribution in [0.15, 0.2) is 42.5 Å². The van der Waals surface area contributed by atoms with Crippen molar-refractivity contribution in [3.63, 3.8) is 0 Å². The second-order valence-corrected chi connectivity index (χ2v) is 4.89. The van der Waals surface area contributed by atoms with Gasteiger partial charge in [0, 0.05) is 12.0 Å². The first kappa shape index (κ1) is 14.5. The van der Waals surface area contributed by atoms with E-state index in [0.717, 1.165) is 18.2 Å². The molecule has 20 heavy (non-hydrogen) atoms. The third-order valence-corrected chi connectivity index (χ3v) is 3.23. The molecule has 0 spiro atoms. The monoisotopic (exact) mass is 278 g/mol. The molecule has 0 radical (unpaired) electrons. The van der Waals surface area contributed by atoms with E-state index in [0.29, 0.717) is 11.3 Å². The molecule has 2 rings (SSSR count). The van der Waals surface area contributed by atoms with Crippen LogP contribution in [0.4, 0.5) is 8.78 Å². The molecule has 0 heterocycles. The third-order valence-electron chi connectivity index (χ3n) is 3.23. The topological polar surface area (TPSA) is 29.5 Å². The zero-order valence-electron chi connectivity index (χ0n) is 11.4. The van der Waals surface area contributed by atoms with E-state index in [1.807, 2.05) is 0 Å². The number of methoxy groups -OCH3 is 1. The van der Waals surface area contributed by atoms with Crippen LogP contribution in [-0.2, 0) is 12.0 Å². The summed E-state index contributed by atoms with van der Waals surface area (Å²) >= 11 is 0. The molecule has 0 bridgehead atoms. The summed E-state index contributed by atoms with van der Waals surface area (Å²) in [7, 11) is 1.50. The summed E-state index contributed by atoms with van der Waals surface area (Å²) in [4.78, 5) is 0. The SMILES string of the molecule is COc1ccccc1C(C)(O)Cc1cc(F)ccc1F. The van der Waals surface area contributed by atoms with Gasteiger partial charge in [-0.3, -0.25) is 0 Å². The average molecular weight is 278 g/mol. The quantitative estimate of drug-likeness (QED) is 0.928. The molecule has 0 aliphatic carbocycles. The highest BCUT2D eigenvalue weighted by atomic mass is 19.1. The molecule has 0 aliphatic heterocycles. The summed E-state index contributed by atoms with van der Waals surface area (Å²) in [5.74, 6) is -0.562. The highest BCUT2D eigenvalue weighted by Gasteiger charge is 2.28. The van der Waals surface area contributed by atoms with Crippen LogP contribution in [0.1, 0.15) is 18.1 Å². The highest BCUT2D eigenvalue weighted by Crippen LogP contribution is 2.33. The molecule has 1 atom stereocenters. The molecule has 0 aromatic heterocycles. The van der Waals surface area contributed by atoms with Crippen LogP contribution in [0.3, 0.4) is 0 Å². The van der Waals surface area contributed by atoms with Gasteiger partial charge in [0.2, 0.25) is 0 Å². The van der Waals surface area contributed by atoms with Gasteiger partial charge in [0.15, 0.2) is 0 Å². The fraction of sp³-hybridized carbons (Fsp3) is 0.250. The summed E-state index contributed by atoms with van der Waals surface area (Å²) < 4.78 is 32.1. The number of para-hydroxylation sites is 1. The molecule has 0 aliphatic rings. The maximum atomic E-state index is 13.7. The number of hydrogen-bond donors (Lipinski definition) is 1. The number of aliphatic hydroxyl groups is 1. The van der Waals surface area contributed by atoms with Crippen molar-refractivity contribution in [3.05, 3.63) is 65.2 Å². The minimum absolute atomic E-state index is 0.0447. The van der Waals surface area contributed by atoms with E-state index < -0.39 is 17.2 Å². The Labute approximate surface area is 116 Å². The van der Waals surface area contributed by atoms with Crippen molar-refractivity contribution in [3.8, 4) is 5.75 Å². The van der Waals surface area contributed by atoms with Crippen LogP contribution >= 0.6 is 0 Å². The summed E-state index contributed by atoms with van der Waals surface area (Å²) in [6.45, 7) is 1.55. The molecule has 106 valence electrons. The molecule has 0 saturated carbocycles. The van der Waals surface area contributed by atoms with Crippen molar-refractivity contribution >= 4 is 0 Å². The van der Waals surface area contributed by atoms with Gasteiger partial charge in [-0.25, -0.2) is 8.78 Å². The molecule has 2 nitrogen and oxygen atoms in total. The van der Waals surface area contributed by atoms with E-state index in [4.69, 9.17) is 4.74 Å². The number of rotatable bonds is 4. The number of hydrogen-bond acceptors (Lipinski definition) is 2. The summed E-state index contributed by atoms with van der Waals surface area (Å²) in [6, 6.07) is 10.2. The summed E-state index contributed by atoms with van der Waals surface area (Å²) in [5, 5.41) is 10.6. The van der Waals surface area contributed by atoms with Gasteiger partial charge in [-0.2, -0.15) is 0 Å². The zero-order valence-corrected chi connectivity index (χ0v) is 11.4. The van der Waals surface area contributed by atoms with Crippen molar-refractivity contribution in [2.45, 2.75) is 18.9 Å². The fourth-order valence-electron chi connectivity index (χ4n) is 2.23. The normalized spacial score (nSPS) is 13.8. The van der Waals surface area contributed by atoms with Gasteiger partial charge in [-0.1, -0.05) is 18.2 Å². The van der Waals surface area contributed by atoms with Crippen molar-refractivity contribution < 1.29 is 18.6 Å². The molecule has 0 amide bonds. The van der Waals surface area contributed by atoms with E-state index in [2.05, 4.69) is 0 Å². The number of benzene rings is 2. The minimum atomic E-state index is -1.36. The van der Waals surface area contributed by atoms with Crippen molar-refractivity contribution in [2.75, 3.05) is 7.11 Å². The van der Waals surface area contributed by atoms with Crippen molar-refractivity contribution in [1.82, 2.24) is 0 Å². The Bertz CT molecular complexity index is 609. The molecule has 4 heteroatoms. The molecule has 2 aromatic rings. The Hall–Kier alpha value is -1.94. The average Bonchev–Trinajstić information content (AvgIpc) is 2.42. The number of halogens is 2. The van der Waals surface area contributed by atoms with E-state index in [-0.39, 0.29) is 12.0 Å². The predicted octanol–water partition coefficient (Wildman–Crippen LogP) is 3.42. The Morgan fingerprint density at radius 3 is 2.55 bits per heavy atom. The van der Waals surface area contributed by atoms with Gasteiger partial charge >= 0.3 is 0 Å². The van der Waals surface area contributed by atoms with Crippen LogP contribution in [-0.4, -0.2) is 12.2 Å². The molecular weight excluding hydrogens is 262 g/mol. The second kappa shape index (κ2) is 5.59. The molecule has 1 unspecified atom stereocenters. The highest BCUT2D eigenvalue weighted by molar-refractivity contribution is 5.39. The lowest BCUT2D eigenvalue weighted by molar-refractivity contribution is 0.0540. The predicted molar refractivity (Wildman–Crippen MR) is 72.6 cm³/mol. The molecule has 0 saturated heterocycles. The lowest BCUT2D eigenvalue weighted by Crippen LogP contribution is -2.25. The van der Waals surface area contributed by atoms with Crippen LogP contribution in [0.2, 0.25) is 0 Å². The summed E-state index contributed by atoms with van der Waals surface area (Å²) in [5.41, 5.74) is -0.701. The maximum absolute atomic E-state index is 13.7. The first-order valence-corrected chi connectivity index (χ1v) is 6.24. The maximum Gasteiger partial charge on any atom is 0.126 e. The molecule has 2 aromatic carbocycles. The van der Waals surface area contributed by atoms with E-state index >= 15 is 0 Å². The van der Waals surface area contributed by atoms with E-state index in [9.17, 15) is 13.9 Å². The zero-order chi connectivity index (χ0) is 14.8. The lowest BCUT2D eigenvalue weighted by Gasteiger charge is -2.26. The van der Waals surface area contributed by atoms with Crippen molar-refractivity contribution in [1.29, 1.82) is 0 Å². The lowest BCUT2D eigenvalue weighted by atomic mass is 9.88. The Morgan fingerprint density at radius 1 is 1.15 bits per heavy atom. The van der Waals surface area contributed by atoms with Gasteiger partial charge in [0.25, 0.3) is 0 Å². The molecule has 1 N–H and O–H groups in total. The fourth-order valence-corrected chi connectivity index (χ4v) is 2.23. The van der Waals surface area contributed by atoms with Gasteiger partial charge in [0.05, 0.1) is 12.7 Å². The van der Waals surface area contributed by atoms with Crippen molar-refractivity contribution in [2.24, 2.45) is 0 Å². The van der Waals surface area contributed by atoms with Crippen LogP contribution in [0.25, 0.3) is 0 Å². The smallest absolute Gasteiger partial charge is 0.126 e. The van der Waals surface area contributed by atoms with Crippen LogP contribution in [0.5, 0.6) is 5.75 Å². The van der Waals surface area contributed by atoms with Crippen LogP contribution < -0.4 is 4.74 Å². The van der Waals surface area contributed by atoms with E-state index in [1.165, 1.54) is 7.11 Å². The Kier molecular flexibility index (Phi) is 4.04. The summed E-state index contributed by atoms with van der Waals surface area (Å²) in [6.07, 6.45) is -0.0447. The Balaban J connectivity index is 2.37. The molecular formula is C16H16F2O2. The number of ether oxygens (including phenoxy) is 1. The molecule has 0 fully saturated rings. The largest absolute Gasteiger partial charge is 0.496 e. The first-order valence-electron chi connectivity index (χ1n) is 6.24. The standard InChI is InChI=1S/C16H16F2O2/c1-16(19,13-5-3-4-6-15(13)20-2)10-11-9-12(17)7-8-14(11)18/h3-9,19H,10H2,1-2H3. The minimum Gasteiger partial charge on any atom is -0.496 e. The van der Waals surface area contributed by atoms with Gasteiger partial charge in [0.1, 0.15) is 17.4 Å².